The smallest absolute Gasteiger partial charge is 0.489 e. The summed E-state index contributed by atoms with van der Waals surface area (Å²) >= 11 is 0. The van der Waals surface area contributed by atoms with Crippen LogP contribution in [0.3, 0.4) is 0 Å². The molecule has 3 nitrogen and oxygen atoms in total. The Bertz CT molecular complexity index is 297. The highest BCUT2D eigenvalue weighted by Crippen LogP contribution is 2.14. The summed E-state index contributed by atoms with van der Waals surface area (Å²) in [5.74, 6) is 0.0868. The van der Waals surface area contributed by atoms with Gasteiger partial charge in [0.2, 0.25) is 0 Å². The lowest BCUT2D eigenvalue weighted by Crippen LogP contribution is -2.34. The monoisotopic (exact) mass is 166 g/mol. The second-order valence-electron chi connectivity index (χ2n) is 2.81. The van der Waals surface area contributed by atoms with Crippen LogP contribution in [-0.2, 0) is 0 Å². The molecule has 1 aromatic rings. The van der Waals surface area contributed by atoms with Gasteiger partial charge in [0, 0.05) is 0 Å². The lowest BCUT2D eigenvalue weighted by Gasteiger charge is -2.09. The standard InChI is InChI=1S/C8H11BO3/c1-5-3-4-7(10)6(2)8(5)9(11)12/h3-4,10-12H,1-2H3. The Balaban J connectivity index is 3.33. The molecule has 3 N–H and O–H groups in total. The molecule has 0 unspecified atom stereocenters. The fraction of sp³-hybridized carbons (Fsp3) is 0.250. The normalized spacial score (nSPS) is 10.0. The number of benzene rings is 1. The molecule has 0 atom stereocenters. The van der Waals surface area contributed by atoms with Crippen LogP contribution in [0.4, 0.5) is 0 Å². The van der Waals surface area contributed by atoms with Gasteiger partial charge in [0.05, 0.1) is 0 Å². The zero-order valence-corrected chi connectivity index (χ0v) is 7.07. The molecule has 0 saturated heterocycles. The van der Waals surface area contributed by atoms with Crippen LogP contribution in [-0.4, -0.2) is 22.3 Å². The van der Waals surface area contributed by atoms with E-state index in [0.717, 1.165) is 5.56 Å². The number of phenols is 1. The van der Waals surface area contributed by atoms with E-state index in [4.69, 9.17) is 10.0 Å². The highest BCUT2D eigenvalue weighted by molar-refractivity contribution is 6.59. The van der Waals surface area contributed by atoms with Crippen molar-refractivity contribution in [2.75, 3.05) is 0 Å². The molecule has 0 aliphatic heterocycles. The Hall–Kier alpha value is -0.995. The van der Waals surface area contributed by atoms with Gasteiger partial charge in [-0.2, -0.15) is 0 Å². The Morgan fingerprint density at radius 1 is 1.17 bits per heavy atom. The quantitative estimate of drug-likeness (QED) is 0.501. The first-order chi connectivity index (χ1) is 5.54. The predicted octanol–water partition coefficient (Wildman–Crippen LogP) is -0.311. The number of hydrogen-bond acceptors (Lipinski definition) is 3. The van der Waals surface area contributed by atoms with Crippen molar-refractivity contribution in [3.05, 3.63) is 23.3 Å². The molecule has 64 valence electrons. The Kier molecular flexibility index (Phi) is 2.40. The van der Waals surface area contributed by atoms with Crippen molar-refractivity contribution in [2.24, 2.45) is 0 Å². The van der Waals surface area contributed by atoms with Crippen LogP contribution in [0, 0.1) is 13.8 Å². The molecule has 0 radical (unpaired) electrons. The summed E-state index contributed by atoms with van der Waals surface area (Å²) in [6.45, 7) is 3.42. The molecule has 0 heterocycles. The van der Waals surface area contributed by atoms with Crippen LogP contribution >= 0.6 is 0 Å². The third-order valence-corrected chi connectivity index (χ3v) is 1.96. The minimum atomic E-state index is -1.52. The average Bonchev–Trinajstić information content (AvgIpc) is 1.97. The summed E-state index contributed by atoms with van der Waals surface area (Å²) in [4.78, 5) is 0. The first kappa shape index (κ1) is 9.10. The molecular weight excluding hydrogens is 155 g/mol. The molecule has 12 heavy (non-hydrogen) atoms. The maximum Gasteiger partial charge on any atom is 0.489 e. The van der Waals surface area contributed by atoms with E-state index in [0.29, 0.717) is 11.0 Å². The summed E-state index contributed by atoms with van der Waals surface area (Å²) < 4.78 is 0. The number of hydrogen-bond donors (Lipinski definition) is 3. The van der Waals surface area contributed by atoms with Crippen molar-refractivity contribution in [3.8, 4) is 5.75 Å². The number of aryl methyl sites for hydroxylation is 1. The van der Waals surface area contributed by atoms with E-state index in [1.165, 1.54) is 6.07 Å². The zero-order chi connectivity index (χ0) is 9.30. The summed E-state index contributed by atoms with van der Waals surface area (Å²) in [6.07, 6.45) is 0. The van der Waals surface area contributed by atoms with Gasteiger partial charge in [0.25, 0.3) is 0 Å². The molecule has 0 amide bonds. The van der Waals surface area contributed by atoms with Crippen LogP contribution in [0.25, 0.3) is 0 Å². The van der Waals surface area contributed by atoms with E-state index >= 15 is 0 Å². The van der Waals surface area contributed by atoms with Gasteiger partial charge in [-0.15, -0.1) is 0 Å². The van der Waals surface area contributed by atoms with Crippen LogP contribution in [0.5, 0.6) is 5.75 Å². The van der Waals surface area contributed by atoms with Crippen molar-refractivity contribution in [1.29, 1.82) is 0 Å². The first-order valence-electron chi connectivity index (χ1n) is 3.69. The fourth-order valence-electron chi connectivity index (χ4n) is 1.25. The molecule has 1 aromatic carbocycles. The molecule has 1 rings (SSSR count). The fourth-order valence-corrected chi connectivity index (χ4v) is 1.25. The van der Waals surface area contributed by atoms with Gasteiger partial charge in [-0.3, -0.25) is 0 Å². The lowest BCUT2D eigenvalue weighted by atomic mass is 9.74. The van der Waals surface area contributed by atoms with Crippen molar-refractivity contribution < 1.29 is 15.2 Å². The SMILES string of the molecule is Cc1ccc(O)c(C)c1B(O)O. The molecule has 0 aromatic heterocycles. The van der Waals surface area contributed by atoms with Gasteiger partial charge in [0.1, 0.15) is 5.75 Å². The zero-order valence-electron chi connectivity index (χ0n) is 7.07. The maximum atomic E-state index is 9.25. The highest BCUT2D eigenvalue weighted by Gasteiger charge is 2.18. The van der Waals surface area contributed by atoms with Crippen molar-refractivity contribution in [1.82, 2.24) is 0 Å². The van der Waals surface area contributed by atoms with Gasteiger partial charge in [-0.1, -0.05) is 11.6 Å². The second-order valence-corrected chi connectivity index (χ2v) is 2.81. The van der Waals surface area contributed by atoms with Gasteiger partial charge in [-0.05, 0) is 30.9 Å². The molecule has 0 bridgehead atoms. The largest absolute Gasteiger partial charge is 0.508 e. The number of rotatable bonds is 1. The number of phenolic OH excluding ortho intramolecular Hbond substituents is 1. The molecule has 4 heteroatoms. The molecule has 0 aliphatic carbocycles. The minimum Gasteiger partial charge on any atom is -0.508 e. The van der Waals surface area contributed by atoms with E-state index in [1.54, 1.807) is 19.9 Å². The topological polar surface area (TPSA) is 60.7 Å². The molecule has 0 saturated carbocycles. The van der Waals surface area contributed by atoms with E-state index in [9.17, 15) is 5.11 Å². The van der Waals surface area contributed by atoms with E-state index in [2.05, 4.69) is 0 Å². The second kappa shape index (κ2) is 3.17. The molecule has 0 fully saturated rings. The van der Waals surface area contributed by atoms with Crippen molar-refractivity contribution >= 4 is 12.6 Å². The van der Waals surface area contributed by atoms with Crippen LogP contribution in [0.2, 0.25) is 0 Å². The minimum absolute atomic E-state index is 0.0868. The number of aromatic hydroxyl groups is 1. The highest BCUT2D eigenvalue weighted by atomic mass is 16.4. The Morgan fingerprint density at radius 3 is 2.17 bits per heavy atom. The average molecular weight is 166 g/mol. The Morgan fingerprint density at radius 2 is 1.75 bits per heavy atom. The van der Waals surface area contributed by atoms with Crippen molar-refractivity contribution in [3.63, 3.8) is 0 Å². The molecule has 0 spiro atoms. The van der Waals surface area contributed by atoms with Crippen LogP contribution in [0.15, 0.2) is 12.1 Å². The van der Waals surface area contributed by atoms with Gasteiger partial charge >= 0.3 is 7.12 Å². The molecular formula is C8H11BO3. The van der Waals surface area contributed by atoms with Gasteiger partial charge < -0.3 is 15.2 Å². The van der Waals surface area contributed by atoms with E-state index in [1.807, 2.05) is 0 Å². The van der Waals surface area contributed by atoms with Gasteiger partial charge in [-0.25, -0.2) is 0 Å². The first-order valence-corrected chi connectivity index (χ1v) is 3.69. The summed E-state index contributed by atoms with van der Waals surface area (Å²) in [5.41, 5.74) is 1.67. The van der Waals surface area contributed by atoms with Crippen molar-refractivity contribution in [2.45, 2.75) is 13.8 Å². The Labute approximate surface area is 71.4 Å². The summed E-state index contributed by atoms with van der Waals surface area (Å²) in [5, 5.41) is 27.2. The third kappa shape index (κ3) is 1.44. The summed E-state index contributed by atoms with van der Waals surface area (Å²) in [6, 6.07) is 3.19. The lowest BCUT2D eigenvalue weighted by molar-refractivity contribution is 0.424. The predicted molar refractivity (Wildman–Crippen MR) is 47.4 cm³/mol. The third-order valence-electron chi connectivity index (χ3n) is 1.96. The van der Waals surface area contributed by atoms with Crippen LogP contribution < -0.4 is 5.46 Å². The van der Waals surface area contributed by atoms with E-state index in [-0.39, 0.29) is 5.75 Å². The maximum absolute atomic E-state index is 9.25. The molecule has 0 aliphatic rings. The van der Waals surface area contributed by atoms with Crippen LogP contribution in [0.1, 0.15) is 11.1 Å². The summed E-state index contributed by atoms with van der Waals surface area (Å²) in [7, 11) is -1.52. The van der Waals surface area contributed by atoms with Gasteiger partial charge in [0.15, 0.2) is 0 Å². The van der Waals surface area contributed by atoms with E-state index < -0.39 is 7.12 Å².